The van der Waals surface area contributed by atoms with Gasteiger partial charge in [-0.3, -0.25) is 29.6 Å². The molecule has 3 N–H and O–H groups in total. The number of benzene rings is 1. The SMILES string of the molecule is CCOc1c(-c2cn[nH]c2)ccn2nc(N[C@H]3CCN(C(=O)CC4CC5(CCN(c6ccc7c(c6)CN(C6CCC(=O)NC6=O)C7=O)CC5)C4)C[C@H]3C)nc12. The highest BCUT2D eigenvalue weighted by atomic mass is 16.5. The quantitative estimate of drug-likeness (QED) is 0.213. The Balaban J connectivity index is 0.745. The van der Waals surface area contributed by atoms with Gasteiger partial charge < -0.3 is 24.8 Å². The largest absolute Gasteiger partial charge is 0.489 e. The molecule has 3 saturated heterocycles. The molecule has 55 heavy (non-hydrogen) atoms. The van der Waals surface area contributed by atoms with Gasteiger partial charge in [0.25, 0.3) is 5.91 Å². The average Bonchev–Trinajstić information content (AvgIpc) is 3.92. The minimum atomic E-state index is -0.604. The average molecular weight is 749 g/mol. The number of fused-ring (bicyclic) bond motifs is 2. The van der Waals surface area contributed by atoms with Gasteiger partial charge in [0.2, 0.25) is 23.7 Å². The molecule has 4 aliphatic heterocycles. The lowest BCUT2D eigenvalue weighted by Gasteiger charge is -2.53. The summed E-state index contributed by atoms with van der Waals surface area (Å²) >= 11 is 0. The van der Waals surface area contributed by atoms with Crippen molar-refractivity contribution in [2.45, 2.75) is 83.8 Å². The second kappa shape index (κ2) is 14.0. The molecule has 15 heteroatoms. The zero-order valence-electron chi connectivity index (χ0n) is 31.4. The highest BCUT2D eigenvalue weighted by Crippen LogP contribution is 2.54. The van der Waals surface area contributed by atoms with Crippen molar-refractivity contribution in [2.75, 3.05) is 43.0 Å². The van der Waals surface area contributed by atoms with E-state index in [9.17, 15) is 19.2 Å². The number of rotatable bonds is 9. The first-order chi connectivity index (χ1) is 26.7. The number of ether oxygens (including phenoxy) is 1. The summed E-state index contributed by atoms with van der Waals surface area (Å²) in [5, 5.41) is 17.6. The van der Waals surface area contributed by atoms with E-state index in [4.69, 9.17) is 14.8 Å². The van der Waals surface area contributed by atoms with Gasteiger partial charge in [-0.1, -0.05) is 6.92 Å². The standard InChI is InChI=1S/C40H48N10O5/c1-3-55-35-29(27-20-41-42-21-27)8-13-50-36(35)45-39(46-50)43-31-9-12-48(22-24(31)2)34(52)16-25-18-40(19-25)10-14-47(15-11-40)28-4-5-30-26(17-28)23-49(38(30)54)32-6-7-33(51)44-37(32)53/h4-5,8,13,17,20-21,24-25,31-32H,3,6-7,9-12,14-16,18-19,22-23H2,1-2H3,(H,41,42)(H,43,46)(H,44,51,53)/t24-,31+,32?/m1/s1. The first-order valence-electron chi connectivity index (χ1n) is 19.7. The van der Waals surface area contributed by atoms with Crippen LogP contribution in [0, 0.1) is 17.3 Å². The highest BCUT2D eigenvalue weighted by molar-refractivity contribution is 6.05. The minimum absolute atomic E-state index is 0.141. The van der Waals surface area contributed by atoms with E-state index in [0.717, 1.165) is 67.6 Å². The van der Waals surface area contributed by atoms with Crippen molar-refractivity contribution in [1.29, 1.82) is 0 Å². The lowest BCUT2D eigenvalue weighted by atomic mass is 9.56. The van der Waals surface area contributed by atoms with Gasteiger partial charge in [0.1, 0.15) is 6.04 Å². The number of hydrogen-bond donors (Lipinski definition) is 3. The zero-order chi connectivity index (χ0) is 37.8. The summed E-state index contributed by atoms with van der Waals surface area (Å²) in [6.45, 7) is 8.35. The fourth-order valence-corrected chi connectivity index (χ4v) is 9.74. The second-order valence-corrected chi connectivity index (χ2v) is 16.2. The number of carbonyl (C=O) groups is 4. The Morgan fingerprint density at radius 3 is 2.65 bits per heavy atom. The van der Waals surface area contributed by atoms with Crippen molar-refractivity contribution in [1.82, 2.24) is 39.9 Å². The molecule has 1 spiro atoms. The number of carbonyl (C=O) groups excluding carboxylic acids is 4. The highest BCUT2D eigenvalue weighted by Gasteiger charge is 2.47. The van der Waals surface area contributed by atoms with E-state index in [1.54, 1.807) is 15.6 Å². The third-order valence-electron chi connectivity index (χ3n) is 12.7. The zero-order valence-corrected chi connectivity index (χ0v) is 31.4. The normalized spacial score (nSPS) is 23.9. The van der Waals surface area contributed by atoms with Gasteiger partial charge in [0, 0.05) is 86.4 Å². The van der Waals surface area contributed by atoms with Crippen LogP contribution in [0.4, 0.5) is 11.6 Å². The van der Waals surface area contributed by atoms with Crippen LogP contribution >= 0.6 is 0 Å². The number of aromatic nitrogens is 5. The number of piperidine rings is 3. The number of hydrogen-bond acceptors (Lipinski definition) is 10. The van der Waals surface area contributed by atoms with Crippen LogP contribution in [0.15, 0.2) is 42.9 Å². The van der Waals surface area contributed by atoms with Crippen LogP contribution < -0.4 is 20.3 Å². The number of anilines is 2. The maximum atomic E-state index is 13.5. The van der Waals surface area contributed by atoms with Crippen LogP contribution in [0.3, 0.4) is 0 Å². The van der Waals surface area contributed by atoms with Gasteiger partial charge in [-0.2, -0.15) is 10.1 Å². The van der Waals surface area contributed by atoms with Gasteiger partial charge in [-0.15, -0.1) is 5.10 Å². The van der Waals surface area contributed by atoms with E-state index in [1.807, 2.05) is 37.5 Å². The number of nitrogens with zero attached hydrogens (tertiary/aromatic N) is 7. The number of H-pyrrole nitrogens is 1. The van der Waals surface area contributed by atoms with Gasteiger partial charge in [-0.25, -0.2) is 4.52 Å². The lowest BCUT2D eigenvalue weighted by molar-refractivity contribution is -0.137. The van der Waals surface area contributed by atoms with Crippen LogP contribution in [-0.4, -0.2) is 103 Å². The molecule has 7 heterocycles. The predicted octanol–water partition coefficient (Wildman–Crippen LogP) is 4.01. The van der Waals surface area contributed by atoms with Gasteiger partial charge >= 0.3 is 0 Å². The summed E-state index contributed by atoms with van der Waals surface area (Å²) in [7, 11) is 0. The molecule has 0 radical (unpaired) electrons. The van der Waals surface area contributed by atoms with Crippen LogP contribution in [-0.2, 0) is 20.9 Å². The molecule has 4 fully saturated rings. The van der Waals surface area contributed by atoms with Crippen LogP contribution in [0.2, 0.25) is 0 Å². The molecule has 288 valence electrons. The Hall–Kier alpha value is -5.47. The maximum Gasteiger partial charge on any atom is 0.255 e. The van der Waals surface area contributed by atoms with Crippen LogP contribution in [0.5, 0.6) is 5.75 Å². The van der Waals surface area contributed by atoms with E-state index >= 15 is 0 Å². The number of aromatic amines is 1. The molecule has 4 amide bonds. The topological polar surface area (TPSA) is 170 Å². The molecule has 1 aromatic carbocycles. The van der Waals surface area contributed by atoms with Crippen molar-refractivity contribution < 1.29 is 23.9 Å². The van der Waals surface area contributed by atoms with Crippen molar-refractivity contribution >= 4 is 40.9 Å². The minimum Gasteiger partial charge on any atom is -0.489 e. The summed E-state index contributed by atoms with van der Waals surface area (Å²) in [5.41, 5.74) is 5.47. The van der Waals surface area contributed by atoms with Gasteiger partial charge in [0.15, 0.2) is 11.4 Å². The molecular weight excluding hydrogens is 701 g/mol. The first-order valence-corrected chi connectivity index (χ1v) is 19.7. The Bertz CT molecular complexity index is 2130. The molecule has 3 aromatic heterocycles. The third kappa shape index (κ3) is 6.56. The van der Waals surface area contributed by atoms with Crippen molar-refractivity contribution in [3.8, 4) is 16.9 Å². The number of amides is 4. The fraction of sp³-hybridized carbons (Fsp3) is 0.525. The lowest BCUT2D eigenvalue weighted by Crippen LogP contribution is -2.52. The number of nitrogens with one attached hydrogen (secondary N) is 3. The molecular formula is C40H48N10O5. The number of pyridine rings is 1. The molecule has 1 unspecified atom stereocenters. The molecule has 3 atom stereocenters. The molecule has 1 saturated carbocycles. The molecule has 9 rings (SSSR count). The molecule has 5 aliphatic rings. The Labute approximate surface area is 319 Å². The monoisotopic (exact) mass is 748 g/mol. The van der Waals surface area contributed by atoms with E-state index in [0.29, 0.717) is 73.3 Å². The van der Waals surface area contributed by atoms with Crippen molar-refractivity contribution in [3.63, 3.8) is 0 Å². The summed E-state index contributed by atoms with van der Waals surface area (Å²) in [6, 6.07) is 7.52. The number of likely N-dealkylation sites (tertiary alicyclic amines) is 1. The van der Waals surface area contributed by atoms with Crippen LogP contribution in [0.25, 0.3) is 16.8 Å². The molecule has 4 aromatic rings. The van der Waals surface area contributed by atoms with Crippen molar-refractivity contribution in [2.24, 2.45) is 17.3 Å². The fourth-order valence-electron chi connectivity index (χ4n) is 9.74. The van der Waals surface area contributed by atoms with E-state index in [1.165, 1.54) is 0 Å². The maximum absolute atomic E-state index is 13.5. The molecule has 0 bridgehead atoms. The Kier molecular flexibility index (Phi) is 8.96. The molecule has 1 aliphatic carbocycles. The first kappa shape index (κ1) is 35.2. The predicted molar refractivity (Wildman–Crippen MR) is 203 cm³/mol. The van der Waals surface area contributed by atoms with Gasteiger partial charge in [0.05, 0.1) is 12.8 Å². The van der Waals surface area contributed by atoms with Crippen LogP contribution in [0.1, 0.15) is 81.1 Å². The summed E-state index contributed by atoms with van der Waals surface area (Å²) in [4.78, 5) is 61.6. The number of imide groups is 1. The summed E-state index contributed by atoms with van der Waals surface area (Å²) in [5.74, 6) is 1.35. The second-order valence-electron chi connectivity index (χ2n) is 16.2. The summed E-state index contributed by atoms with van der Waals surface area (Å²) in [6.07, 6.45) is 11.9. The molecule has 15 nitrogen and oxygen atoms in total. The van der Waals surface area contributed by atoms with Gasteiger partial charge in [-0.05, 0) is 92.5 Å². The van der Waals surface area contributed by atoms with Crippen molar-refractivity contribution in [3.05, 3.63) is 54.0 Å². The van der Waals surface area contributed by atoms with E-state index in [-0.39, 0.29) is 42.0 Å². The smallest absolute Gasteiger partial charge is 0.255 e. The summed E-state index contributed by atoms with van der Waals surface area (Å²) < 4.78 is 7.76. The Morgan fingerprint density at radius 1 is 1.07 bits per heavy atom. The van der Waals surface area contributed by atoms with E-state index < -0.39 is 6.04 Å². The van der Waals surface area contributed by atoms with E-state index in [2.05, 4.69) is 43.6 Å². The third-order valence-corrected chi connectivity index (χ3v) is 12.7. The Morgan fingerprint density at radius 2 is 1.91 bits per heavy atom.